The fourth-order valence-electron chi connectivity index (χ4n) is 4.12. The van der Waals surface area contributed by atoms with Gasteiger partial charge in [-0.1, -0.05) is 11.6 Å². The van der Waals surface area contributed by atoms with Gasteiger partial charge in [0.15, 0.2) is 5.65 Å². The summed E-state index contributed by atoms with van der Waals surface area (Å²) in [6.07, 6.45) is 5.22. The Bertz CT molecular complexity index is 1200. The molecule has 1 fully saturated rings. The Morgan fingerprint density at radius 2 is 2.14 bits per heavy atom. The average Bonchev–Trinajstić information content (AvgIpc) is 3.29. The van der Waals surface area contributed by atoms with Crippen molar-refractivity contribution in [2.75, 3.05) is 13.1 Å². The number of rotatable bonds is 2. The molecule has 7 nitrogen and oxygen atoms in total. The van der Waals surface area contributed by atoms with E-state index in [0.29, 0.717) is 22.9 Å². The first-order valence-electron chi connectivity index (χ1n) is 9.34. The lowest BCUT2D eigenvalue weighted by Gasteiger charge is -2.32. The number of nitrogens with zero attached hydrogens (tertiary/aromatic N) is 4. The van der Waals surface area contributed by atoms with Gasteiger partial charge in [-0.15, -0.1) is 0 Å². The Morgan fingerprint density at radius 3 is 3.04 bits per heavy atom. The van der Waals surface area contributed by atoms with E-state index in [1.165, 1.54) is 0 Å². The van der Waals surface area contributed by atoms with E-state index in [9.17, 15) is 4.79 Å². The molecule has 1 amide bonds. The molecule has 0 radical (unpaired) electrons. The van der Waals surface area contributed by atoms with E-state index in [1.54, 1.807) is 12.4 Å². The maximum Gasteiger partial charge on any atom is 0.270 e. The monoisotopic (exact) mass is 394 g/mol. The van der Waals surface area contributed by atoms with E-state index in [2.05, 4.69) is 25.1 Å². The first-order chi connectivity index (χ1) is 13.6. The maximum absolute atomic E-state index is 13.3. The van der Waals surface area contributed by atoms with Gasteiger partial charge < -0.3 is 9.88 Å². The summed E-state index contributed by atoms with van der Waals surface area (Å²) in [5.41, 5.74) is 4.85. The molecule has 8 heteroatoms. The first-order valence-corrected chi connectivity index (χ1v) is 9.71. The van der Waals surface area contributed by atoms with Crippen molar-refractivity contribution in [3.8, 4) is 0 Å². The highest BCUT2D eigenvalue weighted by Crippen LogP contribution is 2.31. The molecule has 0 aliphatic carbocycles. The van der Waals surface area contributed by atoms with Gasteiger partial charge in [0.1, 0.15) is 11.2 Å². The molecule has 4 aromatic rings. The van der Waals surface area contributed by atoms with Gasteiger partial charge in [-0.3, -0.25) is 9.89 Å². The summed E-state index contributed by atoms with van der Waals surface area (Å²) in [5, 5.41) is 8.99. The molecule has 1 aromatic carbocycles. The summed E-state index contributed by atoms with van der Waals surface area (Å²) in [7, 11) is 0. The zero-order valence-corrected chi connectivity index (χ0v) is 16.1. The molecule has 1 aliphatic rings. The van der Waals surface area contributed by atoms with E-state index >= 15 is 0 Å². The molecule has 1 atom stereocenters. The smallest absolute Gasteiger partial charge is 0.270 e. The van der Waals surface area contributed by atoms with Crippen molar-refractivity contribution in [2.45, 2.75) is 25.7 Å². The zero-order chi connectivity index (χ0) is 19.3. The van der Waals surface area contributed by atoms with Crippen LogP contribution in [0.15, 0.2) is 30.6 Å². The quantitative estimate of drug-likeness (QED) is 0.540. The van der Waals surface area contributed by atoms with Gasteiger partial charge in [-0.2, -0.15) is 5.10 Å². The highest BCUT2D eigenvalue weighted by Gasteiger charge is 2.29. The van der Waals surface area contributed by atoms with Crippen molar-refractivity contribution in [1.29, 1.82) is 0 Å². The summed E-state index contributed by atoms with van der Waals surface area (Å²) < 4.78 is 0. The summed E-state index contributed by atoms with van der Waals surface area (Å²) in [5.74, 6) is 0.183. The topological polar surface area (TPSA) is 90.6 Å². The van der Waals surface area contributed by atoms with Gasteiger partial charge in [0.05, 0.1) is 5.69 Å². The van der Waals surface area contributed by atoms with Crippen LogP contribution in [0.2, 0.25) is 5.02 Å². The van der Waals surface area contributed by atoms with Crippen molar-refractivity contribution in [2.24, 2.45) is 0 Å². The van der Waals surface area contributed by atoms with Gasteiger partial charge in [-0.25, -0.2) is 9.97 Å². The second-order valence-corrected chi connectivity index (χ2v) is 7.71. The number of nitrogens with one attached hydrogen (secondary N) is 2. The Balaban J connectivity index is 1.45. The fraction of sp³-hybridized carbons (Fsp3) is 0.300. The molecule has 0 saturated carbocycles. The Labute approximate surface area is 166 Å². The molecule has 1 saturated heterocycles. The van der Waals surface area contributed by atoms with Gasteiger partial charge >= 0.3 is 0 Å². The lowest BCUT2D eigenvalue weighted by Crippen LogP contribution is -2.39. The van der Waals surface area contributed by atoms with Crippen molar-refractivity contribution in [3.05, 3.63) is 52.6 Å². The van der Waals surface area contributed by atoms with Crippen molar-refractivity contribution in [1.82, 2.24) is 30.0 Å². The number of hydrogen-bond acceptors (Lipinski definition) is 4. The van der Waals surface area contributed by atoms with Gasteiger partial charge in [-0.05, 0) is 43.5 Å². The number of likely N-dealkylation sites (tertiary alicyclic amines) is 1. The number of amides is 1. The molecule has 2 N–H and O–H groups in total. The number of aromatic amines is 2. The second kappa shape index (κ2) is 6.60. The molecule has 0 unspecified atom stereocenters. The number of carbonyl (C=O) groups is 1. The minimum Gasteiger partial charge on any atom is -0.350 e. The van der Waals surface area contributed by atoms with Crippen LogP contribution in [0.5, 0.6) is 0 Å². The fourth-order valence-corrected chi connectivity index (χ4v) is 4.29. The number of aryl methyl sites for hydroxylation is 1. The van der Waals surface area contributed by atoms with Crippen molar-refractivity contribution < 1.29 is 4.79 Å². The number of H-pyrrole nitrogens is 2. The SMILES string of the molecule is Cc1c(C(=O)N2CCC[C@H](c3[nH]nc4nccnc34)C2)[nH]c2ccc(Cl)cc12. The highest BCUT2D eigenvalue weighted by atomic mass is 35.5. The minimum atomic E-state index is 0.0180. The number of fused-ring (bicyclic) bond motifs is 2. The third-order valence-electron chi connectivity index (χ3n) is 5.57. The van der Waals surface area contributed by atoms with Crippen LogP contribution in [0.25, 0.3) is 22.1 Å². The predicted octanol–water partition coefficient (Wildman–Crippen LogP) is 3.82. The third-order valence-corrected chi connectivity index (χ3v) is 5.80. The van der Waals surface area contributed by atoms with Gasteiger partial charge in [0.2, 0.25) is 0 Å². The largest absolute Gasteiger partial charge is 0.350 e. The van der Waals surface area contributed by atoms with Crippen molar-refractivity contribution in [3.63, 3.8) is 0 Å². The molecule has 0 bridgehead atoms. The Hall–Kier alpha value is -2.93. The number of piperidine rings is 1. The number of halogens is 1. The van der Waals surface area contributed by atoms with Crippen LogP contribution in [0.3, 0.4) is 0 Å². The number of carbonyl (C=O) groups excluding carboxylic acids is 1. The van der Waals surface area contributed by atoms with E-state index in [0.717, 1.165) is 47.1 Å². The predicted molar refractivity (Wildman–Crippen MR) is 108 cm³/mol. The molecule has 142 valence electrons. The standard InChI is InChI=1S/C20H19ClN6O/c1-11-14-9-13(21)4-5-15(14)24-16(11)20(28)27-8-2-3-12(10-27)17-18-19(26-25-17)23-7-6-22-18/h4-7,9,12,24H,2-3,8,10H2,1H3,(H,23,25,26)/t12-/m0/s1. The van der Waals surface area contributed by atoms with Crippen LogP contribution in [0.4, 0.5) is 0 Å². The normalized spacial score (nSPS) is 17.5. The van der Waals surface area contributed by atoms with Crippen LogP contribution >= 0.6 is 11.6 Å². The third kappa shape index (κ3) is 2.74. The van der Waals surface area contributed by atoms with Crippen molar-refractivity contribution >= 4 is 39.6 Å². The second-order valence-electron chi connectivity index (χ2n) is 7.27. The molecule has 3 aromatic heterocycles. The maximum atomic E-state index is 13.3. The first kappa shape index (κ1) is 17.2. The van der Waals surface area contributed by atoms with Crippen LogP contribution in [0.1, 0.15) is 40.5 Å². The van der Waals surface area contributed by atoms with Gasteiger partial charge in [0.25, 0.3) is 5.91 Å². The Kier molecular flexibility index (Phi) is 4.05. The van der Waals surface area contributed by atoms with E-state index in [1.807, 2.05) is 30.0 Å². The summed E-state index contributed by atoms with van der Waals surface area (Å²) in [6.45, 7) is 3.33. The van der Waals surface area contributed by atoms with E-state index < -0.39 is 0 Å². The summed E-state index contributed by atoms with van der Waals surface area (Å²) >= 11 is 6.12. The van der Waals surface area contributed by atoms with Crippen LogP contribution < -0.4 is 0 Å². The Morgan fingerprint density at radius 1 is 1.29 bits per heavy atom. The lowest BCUT2D eigenvalue weighted by atomic mass is 9.94. The lowest BCUT2D eigenvalue weighted by molar-refractivity contribution is 0.0700. The molecule has 1 aliphatic heterocycles. The van der Waals surface area contributed by atoms with Crippen LogP contribution in [-0.2, 0) is 0 Å². The van der Waals surface area contributed by atoms with Crippen LogP contribution in [0, 0.1) is 6.92 Å². The number of aromatic nitrogens is 5. The van der Waals surface area contributed by atoms with E-state index in [4.69, 9.17) is 11.6 Å². The average molecular weight is 395 g/mol. The minimum absolute atomic E-state index is 0.0180. The summed E-state index contributed by atoms with van der Waals surface area (Å²) in [4.78, 5) is 27.1. The molecule has 28 heavy (non-hydrogen) atoms. The number of hydrogen-bond donors (Lipinski definition) is 2. The number of benzene rings is 1. The molecular weight excluding hydrogens is 376 g/mol. The van der Waals surface area contributed by atoms with Gasteiger partial charge in [0, 0.05) is 47.3 Å². The summed E-state index contributed by atoms with van der Waals surface area (Å²) in [6, 6.07) is 5.64. The highest BCUT2D eigenvalue weighted by molar-refractivity contribution is 6.31. The molecule has 5 rings (SSSR count). The zero-order valence-electron chi connectivity index (χ0n) is 15.4. The van der Waals surface area contributed by atoms with Crippen LogP contribution in [-0.4, -0.2) is 49.0 Å². The molecule has 4 heterocycles. The molecule has 0 spiro atoms. The molecular formula is C20H19ClN6O. The van der Waals surface area contributed by atoms with E-state index in [-0.39, 0.29) is 11.8 Å².